The smallest absolute Gasteiger partial charge is 0.242 e. The molecule has 0 aliphatic heterocycles. The highest BCUT2D eigenvalue weighted by Crippen LogP contribution is 2.16. The Morgan fingerprint density at radius 1 is 1.43 bits per heavy atom. The van der Waals surface area contributed by atoms with E-state index in [1.807, 2.05) is 31.2 Å². The fourth-order valence-electron chi connectivity index (χ4n) is 1.91. The van der Waals surface area contributed by atoms with Crippen LogP contribution in [-0.2, 0) is 17.8 Å². The number of nitrogens with zero attached hydrogens (tertiary/aromatic N) is 3. The van der Waals surface area contributed by atoms with E-state index in [4.69, 9.17) is 5.11 Å². The standard InChI is InChI=1S/C14H17BrN4O2/c1-10(11-2-4-12(15)5-3-11)16-14(21)9-19-8-13(6-7-20)17-18-19/h2-5,8,10,20H,6-7,9H2,1H3,(H,16,21). The molecule has 1 unspecified atom stereocenters. The van der Waals surface area contributed by atoms with Crippen molar-refractivity contribution < 1.29 is 9.90 Å². The summed E-state index contributed by atoms with van der Waals surface area (Å²) in [5, 5.41) is 19.5. The van der Waals surface area contributed by atoms with E-state index < -0.39 is 0 Å². The van der Waals surface area contributed by atoms with Crippen LogP contribution in [0.25, 0.3) is 0 Å². The molecule has 0 saturated carbocycles. The average Bonchev–Trinajstić information content (AvgIpc) is 2.87. The number of aromatic nitrogens is 3. The van der Waals surface area contributed by atoms with Gasteiger partial charge in [-0.3, -0.25) is 4.79 Å². The SMILES string of the molecule is CC(NC(=O)Cn1cc(CCO)nn1)c1ccc(Br)cc1. The van der Waals surface area contributed by atoms with Gasteiger partial charge in [-0.25, -0.2) is 4.68 Å². The zero-order chi connectivity index (χ0) is 15.2. The zero-order valence-electron chi connectivity index (χ0n) is 11.7. The van der Waals surface area contributed by atoms with Crippen molar-refractivity contribution in [1.29, 1.82) is 0 Å². The quantitative estimate of drug-likeness (QED) is 0.824. The number of halogens is 1. The lowest BCUT2D eigenvalue weighted by Gasteiger charge is -2.14. The van der Waals surface area contributed by atoms with Crippen LogP contribution >= 0.6 is 15.9 Å². The van der Waals surface area contributed by atoms with Crippen LogP contribution in [0, 0.1) is 0 Å². The van der Waals surface area contributed by atoms with Gasteiger partial charge >= 0.3 is 0 Å². The summed E-state index contributed by atoms with van der Waals surface area (Å²) in [6.45, 7) is 2.06. The third-order valence-corrected chi connectivity index (χ3v) is 3.54. The number of nitrogens with one attached hydrogen (secondary N) is 1. The summed E-state index contributed by atoms with van der Waals surface area (Å²) in [5.41, 5.74) is 1.71. The molecule has 0 radical (unpaired) electrons. The summed E-state index contributed by atoms with van der Waals surface area (Å²) in [6.07, 6.45) is 2.11. The highest BCUT2D eigenvalue weighted by molar-refractivity contribution is 9.10. The fourth-order valence-corrected chi connectivity index (χ4v) is 2.18. The summed E-state index contributed by atoms with van der Waals surface area (Å²) in [4.78, 5) is 12.0. The second-order valence-corrected chi connectivity index (χ2v) is 5.64. The molecule has 2 aromatic rings. The Morgan fingerprint density at radius 3 is 2.81 bits per heavy atom. The highest BCUT2D eigenvalue weighted by atomic mass is 79.9. The summed E-state index contributed by atoms with van der Waals surface area (Å²) in [7, 11) is 0. The predicted octanol–water partition coefficient (Wildman–Crippen LogP) is 1.45. The number of aliphatic hydroxyl groups is 1. The van der Waals surface area contributed by atoms with E-state index in [0.29, 0.717) is 12.1 Å². The Morgan fingerprint density at radius 2 is 2.14 bits per heavy atom. The fraction of sp³-hybridized carbons (Fsp3) is 0.357. The molecule has 1 atom stereocenters. The van der Waals surface area contributed by atoms with Crippen LogP contribution in [0.4, 0.5) is 0 Å². The zero-order valence-corrected chi connectivity index (χ0v) is 13.2. The minimum absolute atomic E-state index is 0.0193. The Hall–Kier alpha value is -1.73. The van der Waals surface area contributed by atoms with Crippen LogP contribution in [0.1, 0.15) is 24.2 Å². The van der Waals surface area contributed by atoms with Crippen LogP contribution in [0.2, 0.25) is 0 Å². The predicted molar refractivity (Wildman–Crippen MR) is 81.5 cm³/mol. The number of rotatable bonds is 6. The van der Waals surface area contributed by atoms with Crippen LogP contribution in [0.3, 0.4) is 0 Å². The minimum Gasteiger partial charge on any atom is -0.396 e. The van der Waals surface area contributed by atoms with Crippen LogP contribution in [0.15, 0.2) is 34.9 Å². The van der Waals surface area contributed by atoms with Gasteiger partial charge in [0, 0.05) is 23.7 Å². The molecular formula is C14H17BrN4O2. The van der Waals surface area contributed by atoms with Crippen molar-refractivity contribution in [3.63, 3.8) is 0 Å². The molecule has 1 aromatic carbocycles. The summed E-state index contributed by atoms with van der Waals surface area (Å²) < 4.78 is 2.47. The molecular weight excluding hydrogens is 336 g/mol. The number of aliphatic hydroxyl groups excluding tert-OH is 1. The van der Waals surface area contributed by atoms with E-state index in [-0.39, 0.29) is 25.1 Å². The first-order valence-corrected chi connectivity index (χ1v) is 7.42. The lowest BCUT2D eigenvalue weighted by molar-refractivity contribution is -0.122. The third kappa shape index (κ3) is 4.64. The first kappa shape index (κ1) is 15.7. The molecule has 0 bridgehead atoms. The normalized spacial score (nSPS) is 12.1. The Labute approximate surface area is 131 Å². The van der Waals surface area contributed by atoms with Crippen LogP contribution < -0.4 is 5.32 Å². The number of hydrogen-bond donors (Lipinski definition) is 2. The molecule has 2 N–H and O–H groups in total. The second kappa shape index (κ2) is 7.33. The van der Waals surface area contributed by atoms with Gasteiger partial charge in [0.25, 0.3) is 0 Å². The lowest BCUT2D eigenvalue weighted by Crippen LogP contribution is -2.30. The molecule has 21 heavy (non-hydrogen) atoms. The second-order valence-electron chi connectivity index (χ2n) is 4.72. The molecule has 0 fully saturated rings. The van der Waals surface area contributed by atoms with Gasteiger partial charge in [0.15, 0.2) is 0 Å². The molecule has 7 heteroatoms. The van der Waals surface area contributed by atoms with Crippen molar-refractivity contribution in [2.75, 3.05) is 6.61 Å². The maximum atomic E-state index is 12.0. The molecule has 0 saturated heterocycles. The molecule has 2 rings (SSSR count). The topological polar surface area (TPSA) is 80.0 Å². The van der Waals surface area contributed by atoms with Crippen molar-refractivity contribution in [3.8, 4) is 0 Å². The first-order chi connectivity index (χ1) is 10.1. The molecule has 6 nitrogen and oxygen atoms in total. The van der Waals surface area contributed by atoms with Gasteiger partial charge in [-0.15, -0.1) is 5.10 Å². The summed E-state index contributed by atoms with van der Waals surface area (Å²) in [6, 6.07) is 7.73. The number of benzene rings is 1. The highest BCUT2D eigenvalue weighted by Gasteiger charge is 2.11. The monoisotopic (exact) mass is 352 g/mol. The third-order valence-electron chi connectivity index (χ3n) is 3.01. The molecule has 0 spiro atoms. The van der Waals surface area contributed by atoms with Crippen LogP contribution in [0.5, 0.6) is 0 Å². The van der Waals surface area contributed by atoms with E-state index >= 15 is 0 Å². The average molecular weight is 353 g/mol. The number of carbonyl (C=O) groups excluding carboxylic acids is 1. The van der Waals surface area contributed by atoms with E-state index in [1.165, 1.54) is 4.68 Å². The van der Waals surface area contributed by atoms with Crippen molar-refractivity contribution in [2.45, 2.75) is 25.9 Å². The summed E-state index contributed by atoms with van der Waals surface area (Å²) in [5.74, 6) is -0.133. The van der Waals surface area contributed by atoms with Gasteiger partial charge in [-0.05, 0) is 24.6 Å². The van der Waals surface area contributed by atoms with Gasteiger partial charge in [-0.1, -0.05) is 33.3 Å². The minimum atomic E-state index is -0.133. The molecule has 112 valence electrons. The van der Waals surface area contributed by atoms with Crippen molar-refractivity contribution in [1.82, 2.24) is 20.3 Å². The van der Waals surface area contributed by atoms with Gasteiger partial charge in [0.2, 0.25) is 5.91 Å². The van der Waals surface area contributed by atoms with Crippen molar-refractivity contribution in [3.05, 3.63) is 46.2 Å². The van der Waals surface area contributed by atoms with E-state index in [2.05, 4.69) is 31.6 Å². The lowest BCUT2D eigenvalue weighted by atomic mass is 10.1. The Balaban J connectivity index is 1.89. The van der Waals surface area contributed by atoms with Gasteiger partial charge in [0.1, 0.15) is 6.54 Å². The first-order valence-electron chi connectivity index (χ1n) is 6.63. The number of amides is 1. The maximum absolute atomic E-state index is 12.0. The van der Waals surface area contributed by atoms with Crippen LogP contribution in [-0.4, -0.2) is 32.6 Å². The van der Waals surface area contributed by atoms with E-state index in [9.17, 15) is 4.79 Å². The molecule has 0 aliphatic carbocycles. The number of carbonyl (C=O) groups is 1. The van der Waals surface area contributed by atoms with Crippen molar-refractivity contribution in [2.24, 2.45) is 0 Å². The Bertz CT molecular complexity index is 597. The van der Waals surface area contributed by atoms with Crippen molar-refractivity contribution >= 4 is 21.8 Å². The molecule has 0 aliphatic rings. The molecule has 1 aromatic heterocycles. The van der Waals surface area contributed by atoms with Gasteiger partial charge in [0.05, 0.1) is 11.7 Å². The van der Waals surface area contributed by atoms with E-state index in [1.54, 1.807) is 6.20 Å². The Kier molecular flexibility index (Phi) is 5.46. The molecule has 1 heterocycles. The number of hydrogen-bond acceptors (Lipinski definition) is 4. The van der Waals surface area contributed by atoms with Gasteiger partial charge in [-0.2, -0.15) is 0 Å². The van der Waals surface area contributed by atoms with E-state index in [0.717, 1.165) is 10.0 Å². The summed E-state index contributed by atoms with van der Waals surface area (Å²) >= 11 is 3.38. The maximum Gasteiger partial charge on any atom is 0.242 e. The largest absolute Gasteiger partial charge is 0.396 e. The molecule has 1 amide bonds. The van der Waals surface area contributed by atoms with Gasteiger partial charge < -0.3 is 10.4 Å².